The summed E-state index contributed by atoms with van der Waals surface area (Å²) in [5, 5.41) is 0. The molecule has 0 nitrogen and oxygen atoms in total. The maximum absolute atomic E-state index is 5.78. The Morgan fingerprint density at radius 2 is 2.09 bits per heavy atom. The van der Waals surface area contributed by atoms with Crippen LogP contribution in [0.2, 0.25) is 0 Å². The third kappa shape index (κ3) is 1.63. The zero-order chi connectivity index (χ0) is 8.43. The summed E-state index contributed by atoms with van der Waals surface area (Å²) in [6.45, 7) is 7.03. The predicted octanol–water partition coefficient (Wildman–Crippen LogP) is 3.32. The summed E-state index contributed by atoms with van der Waals surface area (Å²) in [6.07, 6.45) is 8.51. The minimum atomic E-state index is 0.665. The minimum Gasteiger partial charge on any atom is -0.150 e. The first kappa shape index (κ1) is 9.17. The van der Waals surface area contributed by atoms with Crippen molar-refractivity contribution in [1.82, 2.24) is 0 Å². The van der Waals surface area contributed by atoms with E-state index >= 15 is 0 Å². The van der Waals surface area contributed by atoms with Crippen LogP contribution >= 0.6 is 8.04 Å². The largest absolute Gasteiger partial charge is 0.150 e. The van der Waals surface area contributed by atoms with Crippen LogP contribution in [0.1, 0.15) is 33.6 Å². The molecule has 0 spiro atoms. The van der Waals surface area contributed by atoms with E-state index in [-0.39, 0.29) is 0 Å². The van der Waals surface area contributed by atoms with Crippen LogP contribution in [0.15, 0.2) is 0 Å². The van der Waals surface area contributed by atoms with Crippen LogP contribution in [0.5, 0.6) is 0 Å². The van der Waals surface area contributed by atoms with E-state index in [2.05, 4.69) is 20.8 Å². The normalized spacial score (nSPS) is 44.9. The van der Waals surface area contributed by atoms with Gasteiger partial charge in [-0.05, 0) is 24.2 Å². The van der Waals surface area contributed by atoms with Crippen molar-refractivity contribution in [2.45, 2.75) is 39.3 Å². The van der Waals surface area contributed by atoms with Crippen molar-refractivity contribution in [3.8, 4) is 6.13 Å². The summed E-state index contributed by atoms with van der Waals surface area (Å²) >= 11 is 0. The zero-order valence-corrected chi connectivity index (χ0v) is 8.80. The summed E-state index contributed by atoms with van der Waals surface area (Å²) in [7, 11) is 0.665. The van der Waals surface area contributed by atoms with Crippen LogP contribution in [0.3, 0.4) is 0 Å². The van der Waals surface area contributed by atoms with Gasteiger partial charge in [0, 0.05) is 5.66 Å². The standard InChI is InChI=1S/C10H19P/c1-5-9-6-7(2)8(3)10(9)11-4/h4,7-11H,5-6H2,1-3H3. The fourth-order valence-corrected chi connectivity index (χ4v) is 3.61. The fraction of sp³-hybridized carbons (Fsp3) is 0.900. The Hall–Kier alpha value is 0.0800. The lowest BCUT2D eigenvalue weighted by Crippen LogP contribution is -2.12. The lowest BCUT2D eigenvalue weighted by molar-refractivity contribution is 0.461. The fourth-order valence-electron chi connectivity index (χ4n) is 2.33. The molecule has 5 atom stereocenters. The van der Waals surface area contributed by atoms with Gasteiger partial charge in [-0.15, -0.1) is 8.04 Å². The molecule has 0 radical (unpaired) electrons. The molecule has 1 heteroatoms. The maximum atomic E-state index is 5.78. The molecule has 0 N–H and O–H groups in total. The second-order valence-electron chi connectivity index (χ2n) is 3.93. The van der Waals surface area contributed by atoms with Crippen molar-refractivity contribution in [1.29, 1.82) is 0 Å². The summed E-state index contributed by atoms with van der Waals surface area (Å²) < 4.78 is 0. The van der Waals surface area contributed by atoms with E-state index in [1.165, 1.54) is 12.8 Å². The molecule has 1 rings (SSSR count). The molecule has 5 unspecified atom stereocenters. The molecule has 1 aliphatic carbocycles. The van der Waals surface area contributed by atoms with Gasteiger partial charge in [-0.3, -0.25) is 0 Å². The molecular formula is C10H19P. The topological polar surface area (TPSA) is 0 Å². The number of hydrogen-bond donors (Lipinski definition) is 0. The van der Waals surface area contributed by atoms with Gasteiger partial charge in [-0.2, -0.15) is 6.13 Å². The smallest absolute Gasteiger partial charge is 0.00301 e. The van der Waals surface area contributed by atoms with Crippen LogP contribution in [-0.4, -0.2) is 5.66 Å². The number of hydrogen-bond acceptors (Lipinski definition) is 0. The third-order valence-electron chi connectivity index (χ3n) is 3.36. The van der Waals surface area contributed by atoms with Gasteiger partial charge in [0.25, 0.3) is 0 Å². The lowest BCUT2D eigenvalue weighted by Gasteiger charge is -2.16. The average molecular weight is 170 g/mol. The van der Waals surface area contributed by atoms with Gasteiger partial charge in [0.05, 0.1) is 0 Å². The van der Waals surface area contributed by atoms with Crippen LogP contribution in [-0.2, 0) is 0 Å². The minimum absolute atomic E-state index is 0.665. The SMILES string of the molecule is C#[PH]C1C(CC)CC(C)C1C. The van der Waals surface area contributed by atoms with Gasteiger partial charge in [0.1, 0.15) is 0 Å². The molecule has 0 saturated heterocycles. The molecule has 1 fully saturated rings. The molecule has 1 aliphatic rings. The summed E-state index contributed by atoms with van der Waals surface area (Å²) in [5.74, 6) is 2.69. The van der Waals surface area contributed by atoms with Gasteiger partial charge >= 0.3 is 0 Å². The maximum Gasteiger partial charge on any atom is 0.00301 e. The van der Waals surface area contributed by atoms with Gasteiger partial charge in [-0.25, -0.2) is 0 Å². The first-order valence-electron chi connectivity index (χ1n) is 4.66. The van der Waals surface area contributed by atoms with Gasteiger partial charge in [-0.1, -0.05) is 27.2 Å². The molecule has 0 amide bonds. The number of rotatable bonds is 1. The second kappa shape index (κ2) is 3.65. The predicted molar refractivity (Wildman–Crippen MR) is 53.8 cm³/mol. The van der Waals surface area contributed by atoms with Crippen LogP contribution in [0, 0.1) is 23.9 Å². The Morgan fingerprint density at radius 1 is 1.45 bits per heavy atom. The van der Waals surface area contributed by atoms with Gasteiger partial charge < -0.3 is 0 Å². The van der Waals surface area contributed by atoms with Crippen LogP contribution < -0.4 is 0 Å². The Labute approximate surface area is 71.9 Å². The molecule has 0 heterocycles. The Bertz CT molecular complexity index is 168. The monoisotopic (exact) mass is 170 g/mol. The van der Waals surface area contributed by atoms with E-state index in [1.807, 2.05) is 0 Å². The Balaban J connectivity index is 2.66. The lowest BCUT2D eigenvalue weighted by atomic mass is 10.0. The van der Waals surface area contributed by atoms with Crippen LogP contribution in [0.25, 0.3) is 0 Å². The zero-order valence-electron chi connectivity index (χ0n) is 7.80. The van der Waals surface area contributed by atoms with Crippen LogP contribution in [0.4, 0.5) is 0 Å². The molecule has 0 aromatic heterocycles. The third-order valence-corrected chi connectivity index (χ3v) is 4.75. The molecule has 64 valence electrons. The highest BCUT2D eigenvalue weighted by molar-refractivity contribution is 7.26. The molecule has 0 aromatic carbocycles. The van der Waals surface area contributed by atoms with E-state index in [9.17, 15) is 0 Å². The Morgan fingerprint density at radius 3 is 2.45 bits per heavy atom. The molecule has 1 saturated carbocycles. The van der Waals surface area contributed by atoms with Crippen molar-refractivity contribution in [3.63, 3.8) is 0 Å². The van der Waals surface area contributed by atoms with E-state index in [0.29, 0.717) is 8.04 Å². The summed E-state index contributed by atoms with van der Waals surface area (Å²) in [4.78, 5) is 0. The highest BCUT2D eigenvalue weighted by Gasteiger charge is 2.35. The van der Waals surface area contributed by atoms with E-state index < -0.39 is 0 Å². The quantitative estimate of drug-likeness (QED) is 0.529. The molecule has 11 heavy (non-hydrogen) atoms. The van der Waals surface area contributed by atoms with E-state index in [1.54, 1.807) is 0 Å². The second-order valence-corrected chi connectivity index (χ2v) is 4.93. The molecular weight excluding hydrogens is 151 g/mol. The summed E-state index contributed by atoms with van der Waals surface area (Å²) in [5.41, 5.74) is 0.829. The van der Waals surface area contributed by atoms with E-state index in [0.717, 1.165) is 23.4 Å². The van der Waals surface area contributed by atoms with Crippen molar-refractivity contribution in [2.24, 2.45) is 17.8 Å². The first-order chi connectivity index (χ1) is 5.20. The Kier molecular flexibility index (Phi) is 3.05. The molecule has 0 aliphatic heterocycles. The van der Waals surface area contributed by atoms with Gasteiger partial charge in [0.15, 0.2) is 0 Å². The highest BCUT2D eigenvalue weighted by Crippen LogP contribution is 2.43. The van der Waals surface area contributed by atoms with Crippen molar-refractivity contribution >= 4 is 8.04 Å². The molecule has 0 bridgehead atoms. The highest BCUT2D eigenvalue weighted by atomic mass is 31.0. The van der Waals surface area contributed by atoms with Crippen molar-refractivity contribution < 1.29 is 0 Å². The van der Waals surface area contributed by atoms with Crippen molar-refractivity contribution in [2.75, 3.05) is 0 Å². The first-order valence-corrected chi connectivity index (χ1v) is 5.82. The van der Waals surface area contributed by atoms with Gasteiger partial charge in [0.2, 0.25) is 0 Å². The van der Waals surface area contributed by atoms with Crippen molar-refractivity contribution in [3.05, 3.63) is 0 Å². The van der Waals surface area contributed by atoms with E-state index in [4.69, 9.17) is 6.13 Å². The molecule has 0 aromatic rings. The summed E-state index contributed by atoms with van der Waals surface area (Å²) in [6, 6.07) is 0. The average Bonchev–Trinajstić information content (AvgIpc) is 2.28.